The Bertz CT molecular complexity index is 573. The zero-order valence-electron chi connectivity index (χ0n) is 9.50. The van der Waals surface area contributed by atoms with Crippen molar-refractivity contribution in [1.82, 2.24) is 0 Å². The highest BCUT2D eigenvalue weighted by Gasteiger charge is 2.15. The molecule has 5 heteroatoms. The van der Waals surface area contributed by atoms with E-state index in [1.165, 1.54) is 6.34 Å². The lowest BCUT2D eigenvalue weighted by Gasteiger charge is -1.93. The first-order valence-corrected chi connectivity index (χ1v) is 5.56. The van der Waals surface area contributed by atoms with Crippen molar-refractivity contribution in [3.05, 3.63) is 41.6 Å². The first kappa shape index (κ1) is 10.6. The molecule has 4 rings (SSSR count). The van der Waals surface area contributed by atoms with Crippen LogP contribution in [0.1, 0.15) is 5.56 Å². The molecule has 0 aromatic heterocycles. The molecule has 3 heterocycles. The van der Waals surface area contributed by atoms with Crippen LogP contribution >= 0.6 is 0 Å². The molecule has 3 aliphatic heterocycles. The van der Waals surface area contributed by atoms with Gasteiger partial charge in [-0.3, -0.25) is 4.79 Å². The van der Waals surface area contributed by atoms with E-state index in [9.17, 15) is 4.79 Å². The van der Waals surface area contributed by atoms with E-state index < -0.39 is 0 Å². The van der Waals surface area contributed by atoms with Crippen molar-refractivity contribution >= 4 is 30.0 Å². The maximum atomic E-state index is 10.8. The van der Waals surface area contributed by atoms with Crippen molar-refractivity contribution < 1.29 is 4.79 Å². The molecule has 0 unspecified atom stereocenters. The third-order valence-corrected chi connectivity index (χ3v) is 2.68. The van der Waals surface area contributed by atoms with Gasteiger partial charge in [0.2, 0.25) is 5.91 Å². The number of hydrogen-bond acceptors (Lipinski definition) is 4. The smallest absolute Gasteiger partial charge is 0.228 e. The van der Waals surface area contributed by atoms with Crippen molar-refractivity contribution in [1.29, 1.82) is 0 Å². The summed E-state index contributed by atoms with van der Waals surface area (Å²) >= 11 is 0. The molecule has 0 atom stereocenters. The fourth-order valence-corrected chi connectivity index (χ4v) is 1.83. The molecule has 1 amide bonds. The van der Waals surface area contributed by atoms with Gasteiger partial charge in [0.05, 0.1) is 6.42 Å². The van der Waals surface area contributed by atoms with Crippen molar-refractivity contribution in [3.8, 4) is 0 Å². The van der Waals surface area contributed by atoms with E-state index in [0.717, 1.165) is 22.8 Å². The second-order valence-corrected chi connectivity index (χ2v) is 3.91. The molecule has 0 fully saturated rings. The normalized spacial score (nSPS) is 17.4. The van der Waals surface area contributed by atoms with Gasteiger partial charge in [0.1, 0.15) is 12.0 Å². The van der Waals surface area contributed by atoms with Crippen LogP contribution in [-0.2, 0) is 11.2 Å². The second kappa shape index (κ2) is 4.37. The fraction of sp³-hybridized carbons (Fsp3) is 0.0769. The monoisotopic (exact) mass is 238 g/mol. The van der Waals surface area contributed by atoms with Gasteiger partial charge in [-0.2, -0.15) is 0 Å². The minimum atomic E-state index is 0.0983. The third kappa shape index (κ3) is 1.98. The molecule has 1 aromatic carbocycles. The van der Waals surface area contributed by atoms with Gasteiger partial charge in [-0.1, -0.05) is 18.2 Å². The maximum Gasteiger partial charge on any atom is 0.228 e. The molecule has 1 aromatic rings. The lowest BCUT2D eigenvalue weighted by Crippen LogP contribution is -2.03. The number of nitrogens with one attached hydrogen (secondary N) is 1. The van der Waals surface area contributed by atoms with Crippen LogP contribution in [0.5, 0.6) is 0 Å². The number of amides is 1. The number of carbonyl (C=O) groups is 1. The molecule has 0 saturated carbocycles. The largest absolute Gasteiger partial charge is 0.326 e. The van der Waals surface area contributed by atoms with Gasteiger partial charge < -0.3 is 5.32 Å². The molecule has 0 spiro atoms. The average molecular weight is 238 g/mol. The lowest BCUT2D eigenvalue weighted by molar-refractivity contribution is -0.115. The van der Waals surface area contributed by atoms with Crippen molar-refractivity contribution in [2.45, 2.75) is 6.42 Å². The first-order valence-electron chi connectivity index (χ1n) is 5.56. The topological polar surface area (TPSA) is 66.2 Å². The van der Waals surface area contributed by atoms with Crippen molar-refractivity contribution in [2.75, 3.05) is 5.32 Å². The number of fused-ring (bicyclic) bond motifs is 2. The molecular weight excluding hydrogens is 228 g/mol. The summed E-state index contributed by atoms with van der Waals surface area (Å²) in [4.78, 5) is 22.5. The number of para-hydroxylation sites is 1. The van der Waals surface area contributed by atoms with Crippen LogP contribution in [0.4, 0.5) is 5.69 Å². The highest BCUT2D eigenvalue weighted by molar-refractivity contribution is 6.15. The van der Waals surface area contributed by atoms with Gasteiger partial charge in [-0.25, -0.2) is 15.0 Å². The number of allylic oxidation sites excluding steroid dienone is 1. The van der Waals surface area contributed by atoms with Gasteiger partial charge in [0.25, 0.3) is 0 Å². The fourth-order valence-electron chi connectivity index (χ4n) is 1.83. The predicted octanol–water partition coefficient (Wildman–Crippen LogP) is 1.58. The van der Waals surface area contributed by atoms with E-state index in [2.05, 4.69) is 20.3 Å². The molecule has 0 saturated heterocycles. The minimum absolute atomic E-state index is 0.0983. The highest BCUT2D eigenvalue weighted by Crippen LogP contribution is 2.21. The average Bonchev–Trinajstić information content (AvgIpc) is 3.02. The van der Waals surface area contributed by atoms with Crippen molar-refractivity contribution in [3.63, 3.8) is 0 Å². The molecule has 0 aliphatic carbocycles. The van der Waals surface area contributed by atoms with E-state index in [1.807, 2.05) is 30.3 Å². The molecule has 3 aliphatic rings. The molecule has 88 valence electrons. The maximum absolute atomic E-state index is 10.8. The van der Waals surface area contributed by atoms with Crippen LogP contribution < -0.4 is 5.32 Å². The number of aliphatic imine (C=N–C) groups is 3. The Morgan fingerprint density at radius 1 is 1.17 bits per heavy atom. The van der Waals surface area contributed by atoms with Gasteiger partial charge in [-0.15, -0.1) is 0 Å². The van der Waals surface area contributed by atoms with Gasteiger partial charge in [0, 0.05) is 11.9 Å². The summed E-state index contributed by atoms with van der Waals surface area (Å²) in [5, 5.41) is 2.76. The summed E-state index contributed by atoms with van der Waals surface area (Å²) in [5.74, 6) is 0.839. The number of carbonyl (C=O) groups excluding carboxylic acids is 1. The molecular formula is C13H10N4O. The van der Waals surface area contributed by atoms with Crippen LogP contribution in [0.3, 0.4) is 0 Å². The Hall–Kier alpha value is -2.56. The van der Waals surface area contributed by atoms with E-state index in [4.69, 9.17) is 0 Å². The van der Waals surface area contributed by atoms with Crippen LogP contribution in [0, 0.1) is 0 Å². The molecule has 0 radical (unpaired) electrons. The predicted molar refractivity (Wildman–Crippen MR) is 71.3 cm³/mol. The summed E-state index contributed by atoms with van der Waals surface area (Å²) < 4.78 is 0. The van der Waals surface area contributed by atoms with Gasteiger partial charge in [0.15, 0.2) is 5.84 Å². The summed E-state index contributed by atoms with van der Waals surface area (Å²) in [6.07, 6.45) is 5.58. The summed E-state index contributed by atoms with van der Waals surface area (Å²) in [6.45, 7) is 0. The zero-order valence-corrected chi connectivity index (χ0v) is 9.50. The van der Waals surface area contributed by atoms with Crippen LogP contribution in [-0.4, -0.2) is 24.3 Å². The highest BCUT2D eigenvalue weighted by atomic mass is 16.1. The van der Waals surface area contributed by atoms with E-state index in [0.29, 0.717) is 6.42 Å². The van der Waals surface area contributed by atoms with Gasteiger partial charge >= 0.3 is 0 Å². The Balaban J connectivity index is 0.000000114. The number of amidine groups is 1. The summed E-state index contributed by atoms with van der Waals surface area (Å²) in [7, 11) is 0. The van der Waals surface area contributed by atoms with E-state index in [1.54, 1.807) is 6.21 Å². The SMILES string of the molecule is C1=NC2=CC=NC2=N1.O=C1Cc2ccccc2N1. The molecule has 18 heavy (non-hydrogen) atoms. The quantitative estimate of drug-likeness (QED) is 0.732. The Labute approximate surface area is 104 Å². The number of nitrogens with zero attached hydrogens (tertiary/aromatic N) is 3. The molecule has 1 N–H and O–H groups in total. The van der Waals surface area contributed by atoms with Crippen LogP contribution in [0.2, 0.25) is 0 Å². The van der Waals surface area contributed by atoms with Crippen molar-refractivity contribution in [2.24, 2.45) is 15.0 Å². The zero-order chi connectivity index (χ0) is 12.4. The number of hydrogen-bond donors (Lipinski definition) is 1. The standard InChI is InChI=1S/C8H7NO.C5H3N3/c10-8-5-6-3-1-2-4-7(6)9-8;1-2-6-5-4(1)7-3-8-5/h1-4H,5H2,(H,9,10);1-3H. The number of rotatable bonds is 0. The van der Waals surface area contributed by atoms with Gasteiger partial charge in [-0.05, 0) is 17.7 Å². The van der Waals surface area contributed by atoms with E-state index >= 15 is 0 Å². The molecule has 5 nitrogen and oxygen atoms in total. The summed E-state index contributed by atoms with van der Waals surface area (Å²) in [5.41, 5.74) is 2.95. The third-order valence-electron chi connectivity index (χ3n) is 2.68. The molecule has 0 bridgehead atoms. The Morgan fingerprint density at radius 2 is 2.06 bits per heavy atom. The summed E-state index contributed by atoms with van der Waals surface area (Å²) in [6, 6.07) is 7.75. The first-order chi connectivity index (χ1) is 8.83. The number of benzene rings is 1. The van der Waals surface area contributed by atoms with Crippen LogP contribution in [0.15, 0.2) is 51.0 Å². The second-order valence-electron chi connectivity index (χ2n) is 3.91. The Kier molecular flexibility index (Phi) is 2.57. The lowest BCUT2D eigenvalue weighted by atomic mass is 10.2. The van der Waals surface area contributed by atoms with E-state index in [-0.39, 0.29) is 5.91 Å². The minimum Gasteiger partial charge on any atom is -0.326 e. The number of anilines is 1. The van der Waals surface area contributed by atoms with Crippen LogP contribution in [0.25, 0.3) is 0 Å². The Morgan fingerprint density at radius 3 is 2.89 bits per heavy atom.